The second-order valence-electron chi connectivity index (χ2n) is 6.86. The monoisotopic (exact) mass is 376 g/mol. The molecular weight excluding hydrogens is 348 g/mol. The normalized spacial score (nSPS) is 20.3. The Labute approximate surface area is 160 Å². The molecule has 7 heteroatoms. The Morgan fingerprint density at radius 2 is 1.78 bits per heavy atom. The predicted octanol–water partition coefficient (Wildman–Crippen LogP) is 1.75. The van der Waals surface area contributed by atoms with Crippen LogP contribution >= 0.6 is 0 Å². The summed E-state index contributed by atoms with van der Waals surface area (Å²) < 4.78 is 16.4. The number of carbonyl (C=O) groups excluding carboxylic acids is 2. The molecule has 0 aromatic heterocycles. The van der Waals surface area contributed by atoms with E-state index in [9.17, 15) is 9.59 Å². The summed E-state index contributed by atoms with van der Waals surface area (Å²) in [6.45, 7) is 4.48. The number of ether oxygens (including phenoxy) is 3. The molecule has 2 saturated heterocycles. The smallest absolute Gasteiger partial charge is 0.260 e. The van der Waals surface area contributed by atoms with Gasteiger partial charge in [0.15, 0.2) is 6.61 Å². The van der Waals surface area contributed by atoms with Gasteiger partial charge in [-0.1, -0.05) is 0 Å². The molecule has 1 atom stereocenters. The van der Waals surface area contributed by atoms with Crippen molar-refractivity contribution in [3.8, 4) is 11.5 Å². The molecule has 2 aliphatic rings. The molecule has 1 N–H and O–H groups in total. The summed E-state index contributed by atoms with van der Waals surface area (Å²) in [5, 5.41) is 3.05. The first-order valence-electron chi connectivity index (χ1n) is 9.71. The molecule has 1 aromatic carbocycles. The highest BCUT2D eigenvalue weighted by Gasteiger charge is 2.28. The van der Waals surface area contributed by atoms with Crippen molar-refractivity contribution in [3.63, 3.8) is 0 Å². The quantitative estimate of drug-likeness (QED) is 0.785. The van der Waals surface area contributed by atoms with Gasteiger partial charge in [0.1, 0.15) is 17.6 Å². The standard InChI is InChI=1S/C20H28N2O5/c1-2-25-16-5-7-17(8-6-16)27-14-19(23)22-11-9-15(10-12-22)21-20(24)18-4-3-13-26-18/h5-8,15,18H,2-4,9-14H2,1H3,(H,21,24). The number of nitrogens with one attached hydrogen (secondary N) is 1. The van der Waals surface area contributed by atoms with E-state index < -0.39 is 0 Å². The zero-order valence-corrected chi connectivity index (χ0v) is 15.8. The maximum atomic E-state index is 12.3. The maximum Gasteiger partial charge on any atom is 0.260 e. The van der Waals surface area contributed by atoms with E-state index in [2.05, 4.69) is 5.32 Å². The van der Waals surface area contributed by atoms with Crippen molar-refractivity contribution in [1.29, 1.82) is 0 Å². The van der Waals surface area contributed by atoms with E-state index in [0.717, 1.165) is 31.4 Å². The Bertz CT molecular complexity index is 620. The molecule has 7 nitrogen and oxygen atoms in total. The van der Waals surface area contributed by atoms with Crippen LogP contribution < -0.4 is 14.8 Å². The Kier molecular flexibility index (Phi) is 6.92. The van der Waals surface area contributed by atoms with Gasteiger partial charge in [0.2, 0.25) is 5.91 Å². The average Bonchev–Trinajstić information content (AvgIpc) is 3.23. The molecule has 3 rings (SSSR count). The molecule has 0 bridgehead atoms. The molecule has 2 aliphatic heterocycles. The van der Waals surface area contributed by atoms with E-state index >= 15 is 0 Å². The second kappa shape index (κ2) is 9.60. The number of hydrogen-bond acceptors (Lipinski definition) is 5. The number of rotatable bonds is 7. The zero-order valence-electron chi connectivity index (χ0n) is 15.8. The summed E-state index contributed by atoms with van der Waals surface area (Å²) in [7, 11) is 0. The molecule has 148 valence electrons. The molecule has 27 heavy (non-hydrogen) atoms. The SMILES string of the molecule is CCOc1ccc(OCC(=O)N2CCC(NC(=O)C3CCCO3)CC2)cc1. The van der Waals surface area contributed by atoms with Crippen molar-refractivity contribution in [3.05, 3.63) is 24.3 Å². The largest absolute Gasteiger partial charge is 0.494 e. The summed E-state index contributed by atoms with van der Waals surface area (Å²) in [5.41, 5.74) is 0. The lowest BCUT2D eigenvalue weighted by molar-refractivity contribution is -0.135. The number of carbonyl (C=O) groups is 2. The molecule has 2 fully saturated rings. The summed E-state index contributed by atoms with van der Waals surface area (Å²) in [4.78, 5) is 26.3. The van der Waals surface area contributed by atoms with Crippen LogP contribution in [0.1, 0.15) is 32.6 Å². The summed E-state index contributed by atoms with van der Waals surface area (Å²) in [6.07, 6.45) is 2.96. The number of amides is 2. The van der Waals surface area contributed by atoms with Crippen LogP contribution in [0.3, 0.4) is 0 Å². The van der Waals surface area contributed by atoms with Crippen molar-refractivity contribution in [2.75, 3.05) is 32.9 Å². The lowest BCUT2D eigenvalue weighted by Gasteiger charge is -2.32. The summed E-state index contributed by atoms with van der Waals surface area (Å²) in [5.74, 6) is 1.37. The van der Waals surface area contributed by atoms with Crippen LogP contribution in [-0.4, -0.2) is 61.8 Å². The van der Waals surface area contributed by atoms with Gasteiger partial charge in [-0.2, -0.15) is 0 Å². The maximum absolute atomic E-state index is 12.3. The molecule has 0 radical (unpaired) electrons. The van der Waals surface area contributed by atoms with Gasteiger partial charge in [-0.15, -0.1) is 0 Å². The van der Waals surface area contributed by atoms with Gasteiger partial charge in [-0.3, -0.25) is 9.59 Å². The molecule has 2 amide bonds. The van der Waals surface area contributed by atoms with E-state index in [4.69, 9.17) is 14.2 Å². The second-order valence-corrected chi connectivity index (χ2v) is 6.86. The topological polar surface area (TPSA) is 77.1 Å². The van der Waals surface area contributed by atoms with Crippen LogP contribution in [0.5, 0.6) is 11.5 Å². The first-order chi connectivity index (χ1) is 13.2. The van der Waals surface area contributed by atoms with E-state index in [0.29, 0.717) is 32.1 Å². The van der Waals surface area contributed by atoms with Crippen molar-refractivity contribution in [2.24, 2.45) is 0 Å². The van der Waals surface area contributed by atoms with Crippen LogP contribution in [0, 0.1) is 0 Å². The minimum atomic E-state index is -0.299. The Morgan fingerprint density at radius 3 is 2.37 bits per heavy atom. The van der Waals surface area contributed by atoms with Crippen molar-refractivity contribution < 1.29 is 23.8 Å². The van der Waals surface area contributed by atoms with E-state index in [1.54, 1.807) is 17.0 Å². The van der Waals surface area contributed by atoms with Gasteiger partial charge >= 0.3 is 0 Å². The fraction of sp³-hybridized carbons (Fsp3) is 0.600. The number of benzene rings is 1. The molecule has 1 aromatic rings. The van der Waals surface area contributed by atoms with Gasteiger partial charge in [0.05, 0.1) is 6.61 Å². The third kappa shape index (κ3) is 5.60. The van der Waals surface area contributed by atoms with Gasteiger partial charge in [-0.25, -0.2) is 0 Å². The fourth-order valence-electron chi connectivity index (χ4n) is 3.39. The molecular formula is C20H28N2O5. The average molecular weight is 376 g/mol. The van der Waals surface area contributed by atoms with Crippen molar-refractivity contribution in [2.45, 2.75) is 44.8 Å². The first-order valence-corrected chi connectivity index (χ1v) is 9.71. The highest BCUT2D eigenvalue weighted by molar-refractivity contribution is 5.81. The minimum absolute atomic E-state index is 0.0148. The molecule has 2 heterocycles. The third-order valence-corrected chi connectivity index (χ3v) is 4.91. The molecule has 1 unspecified atom stereocenters. The van der Waals surface area contributed by atoms with Gasteiger partial charge in [0.25, 0.3) is 5.91 Å². The molecule has 0 saturated carbocycles. The highest BCUT2D eigenvalue weighted by Crippen LogP contribution is 2.18. The summed E-state index contributed by atoms with van der Waals surface area (Å²) in [6, 6.07) is 7.35. The van der Waals surface area contributed by atoms with Gasteiger partial charge in [0, 0.05) is 25.7 Å². The predicted molar refractivity (Wildman–Crippen MR) is 99.8 cm³/mol. The third-order valence-electron chi connectivity index (χ3n) is 4.91. The number of nitrogens with zero attached hydrogens (tertiary/aromatic N) is 1. The molecule has 0 spiro atoms. The van der Waals surface area contributed by atoms with Crippen LogP contribution in [0.25, 0.3) is 0 Å². The van der Waals surface area contributed by atoms with E-state index in [1.165, 1.54) is 0 Å². The van der Waals surface area contributed by atoms with Crippen LogP contribution in [-0.2, 0) is 14.3 Å². The Balaban J connectivity index is 1.37. The van der Waals surface area contributed by atoms with E-state index in [-0.39, 0.29) is 30.6 Å². The van der Waals surface area contributed by atoms with Gasteiger partial charge in [-0.05, 0) is 56.9 Å². The first kappa shape index (κ1) is 19.5. The van der Waals surface area contributed by atoms with Crippen LogP contribution in [0.4, 0.5) is 0 Å². The van der Waals surface area contributed by atoms with Crippen molar-refractivity contribution >= 4 is 11.8 Å². The Hall–Kier alpha value is -2.28. The lowest BCUT2D eigenvalue weighted by atomic mass is 10.0. The number of hydrogen-bond donors (Lipinski definition) is 1. The zero-order chi connectivity index (χ0) is 19.1. The van der Waals surface area contributed by atoms with E-state index in [1.807, 2.05) is 19.1 Å². The van der Waals surface area contributed by atoms with Crippen LogP contribution in [0.15, 0.2) is 24.3 Å². The number of likely N-dealkylation sites (tertiary alicyclic amines) is 1. The van der Waals surface area contributed by atoms with Crippen molar-refractivity contribution in [1.82, 2.24) is 10.2 Å². The summed E-state index contributed by atoms with van der Waals surface area (Å²) >= 11 is 0. The fourth-order valence-corrected chi connectivity index (χ4v) is 3.39. The lowest BCUT2D eigenvalue weighted by Crippen LogP contribution is -2.49. The Morgan fingerprint density at radius 1 is 1.11 bits per heavy atom. The molecule has 0 aliphatic carbocycles. The minimum Gasteiger partial charge on any atom is -0.494 e. The highest BCUT2D eigenvalue weighted by atomic mass is 16.5. The van der Waals surface area contributed by atoms with Crippen LogP contribution in [0.2, 0.25) is 0 Å². The van der Waals surface area contributed by atoms with Gasteiger partial charge < -0.3 is 24.4 Å². The number of piperidine rings is 1.